The van der Waals surface area contributed by atoms with Crippen LogP contribution >= 0.6 is 12.4 Å². The van der Waals surface area contributed by atoms with E-state index in [0.29, 0.717) is 18.3 Å². The molecule has 0 radical (unpaired) electrons. The molecular formula is C22H22ClN5O2. The largest absolute Gasteiger partial charge is 0.350 e. The van der Waals surface area contributed by atoms with Crippen LogP contribution in [-0.2, 0) is 11.3 Å². The van der Waals surface area contributed by atoms with Gasteiger partial charge in [0.05, 0.1) is 16.7 Å². The monoisotopic (exact) mass is 423 g/mol. The molecule has 3 N–H and O–H groups in total. The van der Waals surface area contributed by atoms with Gasteiger partial charge in [-0.1, -0.05) is 35.5 Å². The maximum atomic E-state index is 12.0. The third kappa shape index (κ3) is 3.58. The minimum absolute atomic E-state index is 0. The molecule has 2 aromatic heterocycles. The van der Waals surface area contributed by atoms with Crippen molar-refractivity contribution in [2.24, 2.45) is 5.73 Å². The highest BCUT2D eigenvalue weighted by Gasteiger charge is 2.45. The lowest BCUT2D eigenvalue weighted by molar-refractivity contribution is -0.123. The van der Waals surface area contributed by atoms with Crippen molar-refractivity contribution in [1.29, 1.82) is 0 Å². The molecule has 8 heteroatoms. The average Bonchev–Trinajstić information content (AvgIpc) is 3.17. The highest BCUT2D eigenvalue weighted by atomic mass is 35.5. The lowest BCUT2D eigenvalue weighted by Gasteiger charge is -2.12. The van der Waals surface area contributed by atoms with Gasteiger partial charge in [0.15, 0.2) is 0 Å². The van der Waals surface area contributed by atoms with Crippen molar-refractivity contribution in [2.75, 3.05) is 0 Å². The number of carbonyl (C=O) groups is 1. The van der Waals surface area contributed by atoms with Crippen molar-refractivity contribution in [3.05, 3.63) is 66.1 Å². The van der Waals surface area contributed by atoms with E-state index in [0.717, 1.165) is 40.7 Å². The Balaban J connectivity index is 0.00000218. The first kappa shape index (κ1) is 20.1. The van der Waals surface area contributed by atoms with Gasteiger partial charge in [0.1, 0.15) is 0 Å². The summed E-state index contributed by atoms with van der Waals surface area (Å²) in [5.41, 5.74) is 9.20. The predicted octanol–water partition coefficient (Wildman–Crippen LogP) is 3.52. The van der Waals surface area contributed by atoms with Gasteiger partial charge in [0, 0.05) is 24.5 Å². The topological polar surface area (TPSA) is 99.0 Å². The zero-order valence-corrected chi connectivity index (χ0v) is 17.3. The fourth-order valence-electron chi connectivity index (χ4n) is 3.48. The van der Waals surface area contributed by atoms with Crippen LogP contribution in [0, 0.1) is 6.92 Å². The molecule has 7 nitrogen and oxygen atoms in total. The molecule has 1 aliphatic carbocycles. The summed E-state index contributed by atoms with van der Waals surface area (Å²) in [5, 5.41) is 8.11. The van der Waals surface area contributed by atoms with Gasteiger partial charge < -0.3 is 20.1 Å². The fourth-order valence-corrected chi connectivity index (χ4v) is 3.48. The summed E-state index contributed by atoms with van der Waals surface area (Å²) in [6.07, 6.45) is 1.52. The van der Waals surface area contributed by atoms with E-state index in [9.17, 15) is 4.79 Å². The lowest BCUT2D eigenvalue weighted by atomic mass is 10.2. The molecule has 30 heavy (non-hydrogen) atoms. The van der Waals surface area contributed by atoms with Gasteiger partial charge >= 0.3 is 0 Å². The first-order valence-electron chi connectivity index (χ1n) is 9.61. The quantitative estimate of drug-likeness (QED) is 0.511. The van der Waals surface area contributed by atoms with Crippen molar-refractivity contribution in [3.8, 4) is 17.2 Å². The average molecular weight is 424 g/mol. The van der Waals surface area contributed by atoms with E-state index < -0.39 is 5.54 Å². The Morgan fingerprint density at radius 3 is 2.60 bits per heavy atom. The Morgan fingerprint density at radius 2 is 1.93 bits per heavy atom. The van der Waals surface area contributed by atoms with E-state index in [2.05, 4.69) is 38.2 Å². The summed E-state index contributed by atoms with van der Waals surface area (Å²) in [6.45, 7) is 2.24. The van der Waals surface area contributed by atoms with E-state index in [1.807, 2.05) is 36.4 Å². The predicted molar refractivity (Wildman–Crippen MR) is 117 cm³/mol. The summed E-state index contributed by atoms with van der Waals surface area (Å²) < 4.78 is 7.30. The summed E-state index contributed by atoms with van der Waals surface area (Å²) in [6, 6.07) is 18.3. The van der Waals surface area contributed by atoms with Crippen molar-refractivity contribution in [2.45, 2.75) is 31.8 Å². The minimum Gasteiger partial charge on any atom is -0.350 e. The van der Waals surface area contributed by atoms with Crippen molar-refractivity contribution in [3.63, 3.8) is 0 Å². The fraction of sp³-hybridized carbons (Fsp3) is 0.227. The van der Waals surface area contributed by atoms with Crippen LogP contribution in [0.2, 0.25) is 0 Å². The van der Waals surface area contributed by atoms with E-state index in [4.69, 9.17) is 10.3 Å². The Labute approximate surface area is 179 Å². The number of benzene rings is 2. The van der Waals surface area contributed by atoms with E-state index in [1.54, 1.807) is 6.92 Å². The lowest BCUT2D eigenvalue weighted by Crippen LogP contribution is -2.42. The minimum atomic E-state index is -0.651. The van der Waals surface area contributed by atoms with Crippen LogP contribution in [0.1, 0.15) is 24.3 Å². The molecule has 0 bridgehead atoms. The van der Waals surface area contributed by atoms with Crippen LogP contribution < -0.4 is 11.1 Å². The number of aromatic nitrogens is 3. The molecule has 5 rings (SSSR count). The summed E-state index contributed by atoms with van der Waals surface area (Å²) >= 11 is 0. The zero-order valence-electron chi connectivity index (χ0n) is 16.5. The number of fused-ring (bicyclic) bond motifs is 1. The summed E-state index contributed by atoms with van der Waals surface area (Å²) in [4.78, 5) is 16.4. The zero-order chi connectivity index (χ0) is 20.0. The van der Waals surface area contributed by atoms with Gasteiger partial charge in [-0.05, 0) is 42.7 Å². The molecule has 4 aromatic rings. The van der Waals surface area contributed by atoms with Crippen LogP contribution in [-0.4, -0.2) is 26.2 Å². The van der Waals surface area contributed by atoms with Gasteiger partial charge in [-0.15, -0.1) is 12.4 Å². The second-order valence-corrected chi connectivity index (χ2v) is 7.57. The number of aryl methyl sites for hydroxylation is 1. The second kappa shape index (κ2) is 7.59. The molecule has 2 aromatic carbocycles. The number of nitrogens with two attached hydrogens (primary N) is 1. The summed E-state index contributed by atoms with van der Waals surface area (Å²) in [5.74, 6) is 0.997. The van der Waals surface area contributed by atoms with E-state index in [-0.39, 0.29) is 18.3 Å². The number of hydrogen-bond donors (Lipinski definition) is 2. The molecule has 0 spiro atoms. The molecule has 0 aliphatic heterocycles. The molecule has 0 atom stereocenters. The second-order valence-electron chi connectivity index (χ2n) is 7.57. The van der Waals surface area contributed by atoms with E-state index in [1.165, 1.54) is 0 Å². The van der Waals surface area contributed by atoms with Gasteiger partial charge in [0.25, 0.3) is 0 Å². The number of hydrogen-bond acceptors (Lipinski definition) is 5. The number of para-hydroxylation sites is 1. The number of halogens is 1. The standard InChI is InChI=1S/C22H21N5O2.ClH/c1-14-25-20(26-29-14)19-12-16-4-2-3-5-18(16)27(19)17-8-6-15(7-9-17)13-24-21(28)22(23)10-11-22;/h2-9,12H,10-11,13,23H2,1H3,(H,24,28);1H. The number of rotatable bonds is 5. The van der Waals surface area contributed by atoms with Crippen molar-refractivity contribution in [1.82, 2.24) is 20.0 Å². The van der Waals surface area contributed by atoms with Crippen LogP contribution in [0.25, 0.3) is 28.1 Å². The Hall–Kier alpha value is -3.16. The number of amides is 1. The first-order chi connectivity index (χ1) is 14.0. The maximum absolute atomic E-state index is 12.0. The van der Waals surface area contributed by atoms with Crippen LogP contribution in [0.5, 0.6) is 0 Å². The molecule has 2 heterocycles. The van der Waals surface area contributed by atoms with Gasteiger partial charge in [-0.25, -0.2) is 0 Å². The van der Waals surface area contributed by atoms with Gasteiger partial charge in [-0.3, -0.25) is 4.79 Å². The maximum Gasteiger partial charge on any atom is 0.240 e. The molecule has 154 valence electrons. The smallest absolute Gasteiger partial charge is 0.240 e. The van der Waals surface area contributed by atoms with E-state index >= 15 is 0 Å². The SMILES string of the molecule is Cc1nc(-c2cc3ccccc3n2-c2ccc(CNC(=O)C3(N)CC3)cc2)no1.Cl. The van der Waals surface area contributed by atoms with Gasteiger partial charge in [0.2, 0.25) is 17.6 Å². The normalized spacial score (nSPS) is 14.3. The Morgan fingerprint density at radius 1 is 1.20 bits per heavy atom. The number of nitrogens with zero attached hydrogens (tertiary/aromatic N) is 3. The molecule has 0 unspecified atom stereocenters. The molecule has 0 saturated heterocycles. The van der Waals surface area contributed by atoms with Gasteiger partial charge in [-0.2, -0.15) is 4.98 Å². The molecule has 1 amide bonds. The van der Waals surface area contributed by atoms with Crippen molar-refractivity contribution < 1.29 is 9.32 Å². The van der Waals surface area contributed by atoms with Crippen LogP contribution in [0.4, 0.5) is 0 Å². The van der Waals surface area contributed by atoms with Crippen LogP contribution in [0.3, 0.4) is 0 Å². The molecule has 1 fully saturated rings. The Bertz CT molecular complexity index is 1210. The number of carbonyl (C=O) groups excluding carboxylic acids is 1. The van der Waals surface area contributed by atoms with Crippen LogP contribution in [0.15, 0.2) is 59.1 Å². The third-order valence-electron chi connectivity index (χ3n) is 5.36. The summed E-state index contributed by atoms with van der Waals surface area (Å²) in [7, 11) is 0. The first-order valence-corrected chi connectivity index (χ1v) is 9.61. The highest BCUT2D eigenvalue weighted by molar-refractivity contribution is 5.89. The molecule has 1 saturated carbocycles. The number of nitrogens with one attached hydrogen (secondary N) is 1. The Kier molecular flexibility index (Phi) is 5.09. The highest BCUT2D eigenvalue weighted by Crippen LogP contribution is 2.32. The molecular weight excluding hydrogens is 402 g/mol. The molecule has 1 aliphatic rings. The third-order valence-corrected chi connectivity index (χ3v) is 5.36. The van der Waals surface area contributed by atoms with Crippen molar-refractivity contribution >= 4 is 29.2 Å².